The molecule has 0 radical (unpaired) electrons. The molecule has 0 aliphatic heterocycles. The van der Waals surface area contributed by atoms with Crippen LogP contribution in [-0.2, 0) is 0 Å². The third-order valence-corrected chi connectivity index (χ3v) is 3.52. The number of nitrogens with zero attached hydrogens (tertiary/aromatic N) is 1. The van der Waals surface area contributed by atoms with Crippen molar-refractivity contribution in [3.8, 4) is 0 Å². The smallest absolute Gasteiger partial charge is 0.0496 e. The lowest BCUT2D eigenvalue weighted by Gasteiger charge is -2.34. The van der Waals surface area contributed by atoms with E-state index in [2.05, 4.69) is 56.9 Å². The Kier molecular flexibility index (Phi) is 6.37. The van der Waals surface area contributed by atoms with E-state index in [4.69, 9.17) is 5.73 Å². The highest BCUT2D eigenvalue weighted by Crippen LogP contribution is 2.24. The van der Waals surface area contributed by atoms with E-state index in [1.54, 1.807) is 0 Å². The van der Waals surface area contributed by atoms with Gasteiger partial charge in [-0.15, -0.1) is 0 Å². The van der Waals surface area contributed by atoms with E-state index in [1.165, 1.54) is 24.0 Å². The van der Waals surface area contributed by atoms with Crippen molar-refractivity contribution in [2.24, 2.45) is 5.73 Å². The van der Waals surface area contributed by atoms with E-state index in [0.29, 0.717) is 6.04 Å². The quantitative estimate of drug-likeness (QED) is 0.800. The molecule has 2 nitrogen and oxygen atoms in total. The van der Waals surface area contributed by atoms with E-state index in [9.17, 15) is 0 Å². The first kappa shape index (κ1) is 15.2. The van der Waals surface area contributed by atoms with Crippen LogP contribution in [0.1, 0.15) is 50.8 Å². The lowest BCUT2D eigenvalue weighted by Crippen LogP contribution is -2.40. The second-order valence-electron chi connectivity index (χ2n) is 5.20. The van der Waals surface area contributed by atoms with Crippen molar-refractivity contribution >= 4 is 0 Å². The Morgan fingerprint density at radius 3 is 2.22 bits per heavy atom. The van der Waals surface area contributed by atoms with Crippen molar-refractivity contribution in [1.29, 1.82) is 0 Å². The zero-order chi connectivity index (χ0) is 13.5. The maximum absolute atomic E-state index is 6.21. The number of aryl methyl sites for hydroxylation is 1. The van der Waals surface area contributed by atoms with E-state index in [1.807, 2.05) is 0 Å². The SMILES string of the molecule is CCCCN(CC)C(c1ccc(C)cc1)C(C)N. The summed E-state index contributed by atoms with van der Waals surface area (Å²) in [6.07, 6.45) is 2.47. The largest absolute Gasteiger partial charge is 0.326 e. The number of rotatable bonds is 7. The molecule has 0 saturated carbocycles. The fraction of sp³-hybridized carbons (Fsp3) is 0.625. The summed E-state index contributed by atoms with van der Waals surface area (Å²) in [5, 5.41) is 0. The first-order valence-corrected chi connectivity index (χ1v) is 7.16. The molecule has 18 heavy (non-hydrogen) atoms. The third-order valence-electron chi connectivity index (χ3n) is 3.52. The molecule has 102 valence electrons. The summed E-state index contributed by atoms with van der Waals surface area (Å²) in [5.41, 5.74) is 8.86. The summed E-state index contributed by atoms with van der Waals surface area (Å²) in [6, 6.07) is 9.29. The van der Waals surface area contributed by atoms with Crippen LogP contribution in [0, 0.1) is 6.92 Å². The Bertz CT molecular complexity index is 329. The summed E-state index contributed by atoms with van der Waals surface area (Å²) in [6.45, 7) is 10.9. The Morgan fingerprint density at radius 1 is 1.17 bits per heavy atom. The number of unbranched alkanes of at least 4 members (excludes halogenated alkanes) is 1. The molecule has 2 heteroatoms. The van der Waals surface area contributed by atoms with Crippen LogP contribution in [0.5, 0.6) is 0 Å². The van der Waals surface area contributed by atoms with Gasteiger partial charge in [0.15, 0.2) is 0 Å². The van der Waals surface area contributed by atoms with Crippen molar-refractivity contribution in [1.82, 2.24) is 4.90 Å². The minimum Gasteiger partial charge on any atom is -0.326 e. The molecule has 0 spiro atoms. The monoisotopic (exact) mass is 248 g/mol. The zero-order valence-electron chi connectivity index (χ0n) is 12.3. The Balaban J connectivity index is 2.89. The van der Waals surface area contributed by atoms with Gasteiger partial charge < -0.3 is 5.73 Å². The summed E-state index contributed by atoms with van der Waals surface area (Å²) >= 11 is 0. The molecule has 0 amide bonds. The molecule has 0 bridgehead atoms. The molecule has 0 aliphatic carbocycles. The van der Waals surface area contributed by atoms with Gasteiger partial charge in [-0.2, -0.15) is 0 Å². The van der Waals surface area contributed by atoms with Crippen LogP contribution < -0.4 is 5.73 Å². The van der Waals surface area contributed by atoms with E-state index in [-0.39, 0.29) is 6.04 Å². The molecule has 1 aromatic rings. The number of benzene rings is 1. The second-order valence-corrected chi connectivity index (χ2v) is 5.20. The van der Waals surface area contributed by atoms with Gasteiger partial charge in [0.1, 0.15) is 0 Å². The van der Waals surface area contributed by atoms with E-state index >= 15 is 0 Å². The Labute approximate surface area is 112 Å². The van der Waals surface area contributed by atoms with Crippen LogP contribution in [0.15, 0.2) is 24.3 Å². The number of likely N-dealkylation sites (N-methyl/N-ethyl adjacent to an activating group) is 1. The van der Waals surface area contributed by atoms with Crippen LogP contribution in [0.2, 0.25) is 0 Å². The summed E-state index contributed by atoms with van der Waals surface area (Å²) in [7, 11) is 0. The van der Waals surface area contributed by atoms with Crippen molar-refractivity contribution in [3.63, 3.8) is 0 Å². The van der Waals surface area contributed by atoms with Gasteiger partial charge in [0.2, 0.25) is 0 Å². The maximum atomic E-state index is 6.21. The fourth-order valence-corrected chi connectivity index (χ4v) is 2.47. The van der Waals surface area contributed by atoms with Crippen molar-refractivity contribution in [2.75, 3.05) is 13.1 Å². The molecular weight excluding hydrogens is 220 g/mol. The van der Waals surface area contributed by atoms with Gasteiger partial charge in [-0.1, -0.05) is 50.1 Å². The minimum atomic E-state index is 0.157. The molecule has 2 atom stereocenters. The molecule has 1 aromatic carbocycles. The number of nitrogens with two attached hydrogens (primary N) is 1. The van der Waals surface area contributed by atoms with Gasteiger partial charge in [0.25, 0.3) is 0 Å². The molecular formula is C16H28N2. The topological polar surface area (TPSA) is 29.3 Å². The van der Waals surface area contributed by atoms with Crippen LogP contribution >= 0.6 is 0 Å². The molecule has 0 aliphatic rings. The first-order valence-electron chi connectivity index (χ1n) is 7.16. The van der Waals surface area contributed by atoms with Crippen LogP contribution in [-0.4, -0.2) is 24.0 Å². The average Bonchev–Trinajstić information content (AvgIpc) is 2.35. The van der Waals surface area contributed by atoms with Gasteiger partial charge in [0, 0.05) is 12.1 Å². The highest BCUT2D eigenvalue weighted by molar-refractivity contribution is 5.25. The maximum Gasteiger partial charge on any atom is 0.0496 e. The predicted molar refractivity (Wildman–Crippen MR) is 79.7 cm³/mol. The van der Waals surface area contributed by atoms with E-state index < -0.39 is 0 Å². The lowest BCUT2D eigenvalue weighted by molar-refractivity contribution is 0.183. The highest BCUT2D eigenvalue weighted by atomic mass is 15.2. The van der Waals surface area contributed by atoms with Gasteiger partial charge in [0.05, 0.1) is 0 Å². The lowest BCUT2D eigenvalue weighted by atomic mass is 9.98. The molecule has 0 heterocycles. The van der Waals surface area contributed by atoms with Crippen molar-refractivity contribution in [3.05, 3.63) is 35.4 Å². The zero-order valence-corrected chi connectivity index (χ0v) is 12.3. The van der Waals surface area contributed by atoms with Crippen LogP contribution in [0.4, 0.5) is 0 Å². The van der Waals surface area contributed by atoms with Gasteiger partial charge in [-0.3, -0.25) is 4.90 Å². The molecule has 2 N–H and O–H groups in total. The summed E-state index contributed by atoms with van der Waals surface area (Å²) in [4.78, 5) is 2.50. The highest BCUT2D eigenvalue weighted by Gasteiger charge is 2.22. The second kappa shape index (κ2) is 7.55. The number of hydrogen-bond donors (Lipinski definition) is 1. The Morgan fingerprint density at radius 2 is 1.78 bits per heavy atom. The molecule has 1 rings (SSSR count). The molecule has 2 unspecified atom stereocenters. The summed E-state index contributed by atoms with van der Waals surface area (Å²) < 4.78 is 0. The Hall–Kier alpha value is -0.860. The molecule has 0 saturated heterocycles. The van der Waals surface area contributed by atoms with Gasteiger partial charge in [-0.05, 0) is 38.9 Å². The van der Waals surface area contributed by atoms with Crippen molar-refractivity contribution in [2.45, 2.75) is 52.6 Å². The van der Waals surface area contributed by atoms with Crippen LogP contribution in [0.25, 0.3) is 0 Å². The van der Waals surface area contributed by atoms with Crippen LogP contribution in [0.3, 0.4) is 0 Å². The molecule has 0 aromatic heterocycles. The minimum absolute atomic E-state index is 0.157. The number of hydrogen-bond acceptors (Lipinski definition) is 2. The van der Waals surface area contributed by atoms with Gasteiger partial charge in [-0.25, -0.2) is 0 Å². The summed E-state index contributed by atoms with van der Waals surface area (Å²) in [5.74, 6) is 0. The fourth-order valence-electron chi connectivity index (χ4n) is 2.47. The van der Waals surface area contributed by atoms with Gasteiger partial charge >= 0.3 is 0 Å². The third kappa shape index (κ3) is 4.11. The molecule has 0 fully saturated rings. The standard InChI is InChI=1S/C16H28N2/c1-5-7-12-18(6-2)16(14(4)17)15-10-8-13(3)9-11-15/h8-11,14,16H,5-7,12,17H2,1-4H3. The first-order chi connectivity index (χ1) is 8.60. The normalized spacial score (nSPS) is 14.8. The van der Waals surface area contributed by atoms with Crippen molar-refractivity contribution < 1.29 is 0 Å². The predicted octanol–water partition coefficient (Wildman–Crippen LogP) is 3.51. The van der Waals surface area contributed by atoms with E-state index in [0.717, 1.165) is 13.1 Å². The average molecular weight is 248 g/mol.